The lowest BCUT2D eigenvalue weighted by Gasteiger charge is -2.38. The second-order valence-corrected chi connectivity index (χ2v) is 10.8. The van der Waals surface area contributed by atoms with Gasteiger partial charge in [-0.15, -0.1) is 0 Å². The van der Waals surface area contributed by atoms with Gasteiger partial charge in [0.15, 0.2) is 0 Å². The van der Waals surface area contributed by atoms with E-state index in [-0.39, 0.29) is 33.9 Å². The van der Waals surface area contributed by atoms with Crippen molar-refractivity contribution in [3.8, 4) is 0 Å². The van der Waals surface area contributed by atoms with Gasteiger partial charge in [0.25, 0.3) is 0 Å². The van der Waals surface area contributed by atoms with Gasteiger partial charge >= 0.3 is 24.7 Å². The maximum absolute atomic E-state index is 14.8. The van der Waals surface area contributed by atoms with Gasteiger partial charge < -0.3 is 22.1 Å². The van der Waals surface area contributed by atoms with Gasteiger partial charge in [0.2, 0.25) is 5.41 Å². The molecule has 0 saturated carbocycles. The summed E-state index contributed by atoms with van der Waals surface area (Å²) in [5.74, 6) is 0. The molecule has 0 bridgehead atoms. The van der Waals surface area contributed by atoms with Crippen LogP contribution in [0, 0.1) is 13.8 Å². The first-order valence-corrected chi connectivity index (χ1v) is 13.3. The van der Waals surface area contributed by atoms with Crippen LogP contribution in [-0.4, -0.2) is 12.4 Å². The fraction of sp³-hybridized carbons (Fsp3) is 0.226. The van der Waals surface area contributed by atoms with Gasteiger partial charge in [0.1, 0.15) is 0 Å². The number of nitrogens with two attached hydrogens (primary N) is 2. The molecule has 4 rings (SSSR count). The second kappa shape index (κ2) is 11.8. The molecule has 0 aliphatic rings. The van der Waals surface area contributed by atoms with Crippen LogP contribution < -0.4 is 22.1 Å². The van der Waals surface area contributed by atoms with Gasteiger partial charge in [-0.2, -0.15) is 52.7 Å². The predicted octanol–water partition coefficient (Wildman–Crippen LogP) is 10.4. The lowest BCUT2D eigenvalue weighted by molar-refractivity contribution is -0.288. The minimum Gasteiger partial charge on any atom is -0.397 e. The van der Waals surface area contributed by atoms with Crippen LogP contribution in [0.1, 0.15) is 33.4 Å². The zero-order valence-electron chi connectivity index (χ0n) is 24.1. The Balaban J connectivity index is 1.80. The molecule has 0 atom stereocenters. The molecule has 0 heterocycles. The van der Waals surface area contributed by atoms with Crippen molar-refractivity contribution in [2.75, 3.05) is 22.1 Å². The summed E-state index contributed by atoms with van der Waals surface area (Å²) in [5.41, 5.74) is 0.229. The van der Waals surface area contributed by atoms with E-state index < -0.39 is 63.7 Å². The average molecular weight is 681 g/mol. The molecular weight excluding hydrogens is 656 g/mol. The van der Waals surface area contributed by atoms with Crippen LogP contribution in [0.25, 0.3) is 0 Å². The molecule has 0 amide bonds. The SMILES string of the molecule is Cc1cc(Nc2ccc(C(c3ccc(Nc4cc(C)cc(C(F)(F)F)c4)c(N)c3)(C(F)(F)F)C(F)(F)F)cc2N)cc(C(F)(F)F)c1. The third-order valence-electron chi connectivity index (χ3n) is 7.19. The lowest BCUT2D eigenvalue weighted by Crippen LogP contribution is -2.54. The molecule has 0 aliphatic carbocycles. The quantitative estimate of drug-likeness (QED) is 0.121. The highest BCUT2D eigenvalue weighted by molar-refractivity contribution is 5.77. The van der Waals surface area contributed by atoms with Crippen molar-refractivity contribution in [2.45, 2.75) is 44.0 Å². The van der Waals surface area contributed by atoms with E-state index in [0.29, 0.717) is 36.4 Å². The predicted molar refractivity (Wildman–Crippen MR) is 154 cm³/mol. The second-order valence-electron chi connectivity index (χ2n) is 10.8. The van der Waals surface area contributed by atoms with Gasteiger partial charge in [-0.05, 0) is 96.8 Å². The summed E-state index contributed by atoms with van der Waals surface area (Å²) in [6.45, 7) is 2.70. The number of nitrogen functional groups attached to an aromatic ring is 2. The summed E-state index contributed by atoms with van der Waals surface area (Å²) in [6.07, 6.45) is -21.6. The highest BCUT2D eigenvalue weighted by atomic mass is 19.4. The van der Waals surface area contributed by atoms with E-state index in [1.165, 1.54) is 26.0 Å². The number of hydrogen-bond acceptors (Lipinski definition) is 4. The fourth-order valence-corrected chi connectivity index (χ4v) is 5.15. The highest BCUT2D eigenvalue weighted by Crippen LogP contribution is 2.57. The minimum absolute atomic E-state index is 0.157. The molecule has 0 fully saturated rings. The Hall–Kier alpha value is -4.76. The summed E-state index contributed by atoms with van der Waals surface area (Å²) in [7, 11) is 0. The largest absolute Gasteiger partial charge is 0.416 e. The number of rotatable bonds is 6. The highest BCUT2D eigenvalue weighted by Gasteiger charge is 2.72. The molecular formula is C31H24F12N4. The number of nitrogens with one attached hydrogen (secondary N) is 2. The maximum Gasteiger partial charge on any atom is 0.416 e. The summed E-state index contributed by atoms with van der Waals surface area (Å²) >= 11 is 0. The Morgan fingerprint density at radius 2 is 0.787 bits per heavy atom. The van der Waals surface area contributed by atoms with Crippen LogP contribution >= 0.6 is 0 Å². The fourth-order valence-electron chi connectivity index (χ4n) is 5.15. The Bertz CT molecular complexity index is 1660. The molecule has 16 heteroatoms. The van der Waals surface area contributed by atoms with Crippen LogP contribution in [0.4, 0.5) is 86.8 Å². The summed E-state index contributed by atoms with van der Waals surface area (Å²) in [6, 6.07) is 8.87. The van der Waals surface area contributed by atoms with Crippen molar-refractivity contribution in [2.24, 2.45) is 0 Å². The van der Waals surface area contributed by atoms with Crippen molar-refractivity contribution < 1.29 is 52.7 Å². The van der Waals surface area contributed by atoms with Crippen molar-refractivity contribution in [1.82, 2.24) is 0 Å². The van der Waals surface area contributed by atoms with Crippen molar-refractivity contribution >= 4 is 34.1 Å². The smallest absolute Gasteiger partial charge is 0.397 e. The number of alkyl halides is 12. The zero-order chi connectivity index (χ0) is 35.3. The van der Waals surface area contributed by atoms with E-state index in [0.717, 1.165) is 24.3 Å². The molecule has 4 nitrogen and oxygen atoms in total. The Morgan fingerprint density at radius 3 is 1.06 bits per heavy atom. The van der Waals surface area contributed by atoms with Crippen LogP contribution in [0.3, 0.4) is 0 Å². The molecule has 0 radical (unpaired) electrons. The molecule has 4 aromatic rings. The number of halogens is 12. The molecule has 6 N–H and O–H groups in total. The van der Waals surface area contributed by atoms with Crippen LogP contribution in [-0.2, 0) is 17.8 Å². The van der Waals surface area contributed by atoms with E-state index in [9.17, 15) is 52.7 Å². The van der Waals surface area contributed by atoms with E-state index in [1.54, 1.807) is 0 Å². The number of hydrogen-bond donors (Lipinski definition) is 4. The molecule has 0 aromatic heterocycles. The first-order valence-electron chi connectivity index (χ1n) is 13.3. The van der Waals surface area contributed by atoms with Gasteiger partial charge in [0, 0.05) is 11.4 Å². The van der Waals surface area contributed by atoms with E-state index >= 15 is 0 Å². The minimum atomic E-state index is -6.05. The Labute approximate surface area is 259 Å². The first kappa shape index (κ1) is 35.1. The molecule has 0 saturated heterocycles. The topological polar surface area (TPSA) is 76.1 Å². The number of benzene rings is 4. The molecule has 47 heavy (non-hydrogen) atoms. The van der Waals surface area contributed by atoms with Crippen LogP contribution in [0.2, 0.25) is 0 Å². The number of aryl methyl sites for hydroxylation is 2. The van der Waals surface area contributed by atoms with Crippen molar-refractivity contribution in [3.05, 3.63) is 106 Å². The lowest BCUT2D eigenvalue weighted by atomic mass is 9.72. The first-order chi connectivity index (χ1) is 21.4. The van der Waals surface area contributed by atoms with Crippen LogP contribution in [0.15, 0.2) is 72.8 Å². The van der Waals surface area contributed by atoms with Gasteiger partial charge in [-0.3, -0.25) is 0 Å². The molecule has 0 spiro atoms. The molecule has 0 aliphatic heterocycles. The average Bonchev–Trinajstić information content (AvgIpc) is 2.89. The third kappa shape index (κ3) is 7.00. The Morgan fingerprint density at radius 1 is 0.447 bits per heavy atom. The van der Waals surface area contributed by atoms with Crippen molar-refractivity contribution in [3.63, 3.8) is 0 Å². The monoisotopic (exact) mass is 680 g/mol. The number of anilines is 6. The van der Waals surface area contributed by atoms with Gasteiger partial charge in [-0.25, -0.2) is 0 Å². The van der Waals surface area contributed by atoms with E-state index in [2.05, 4.69) is 10.6 Å². The standard InChI is InChI=1S/C31H24F12N4/c1-15-7-19(28(32,33)34)11-21(9-15)46-25-5-3-17(13-23(25)44)27(30(38,39)40,31(41,42)43)18-4-6-26(24(45)14-18)47-22-10-16(2)8-20(12-22)29(35,36)37/h3-14,46-47H,44-45H2,1-2H3. The van der Waals surface area contributed by atoms with Crippen molar-refractivity contribution in [1.29, 1.82) is 0 Å². The van der Waals surface area contributed by atoms with Gasteiger partial charge in [-0.1, -0.05) is 12.1 Å². The Kier molecular flexibility index (Phi) is 8.81. The van der Waals surface area contributed by atoms with E-state index in [4.69, 9.17) is 11.5 Å². The maximum atomic E-state index is 14.8. The van der Waals surface area contributed by atoms with E-state index in [1.807, 2.05) is 0 Å². The summed E-state index contributed by atoms with van der Waals surface area (Å²) in [4.78, 5) is 0. The summed E-state index contributed by atoms with van der Waals surface area (Å²) < 4.78 is 168. The van der Waals surface area contributed by atoms with Gasteiger partial charge in [0.05, 0.1) is 33.9 Å². The zero-order valence-corrected chi connectivity index (χ0v) is 24.1. The normalized spacial score (nSPS) is 13.1. The molecule has 252 valence electrons. The molecule has 0 unspecified atom stereocenters. The third-order valence-corrected chi connectivity index (χ3v) is 7.19. The van der Waals surface area contributed by atoms with Crippen LogP contribution in [0.5, 0.6) is 0 Å². The summed E-state index contributed by atoms with van der Waals surface area (Å²) in [5, 5.41) is 4.98. The molecule has 4 aromatic carbocycles.